The van der Waals surface area contributed by atoms with Crippen molar-refractivity contribution in [3.8, 4) is 0 Å². The highest BCUT2D eigenvalue weighted by Gasteiger charge is 2.27. The van der Waals surface area contributed by atoms with Crippen LogP contribution >= 0.6 is 0 Å². The Morgan fingerprint density at radius 3 is 2.62 bits per heavy atom. The first-order chi connectivity index (χ1) is 7.37. The molecule has 1 heterocycles. The van der Waals surface area contributed by atoms with Gasteiger partial charge < -0.3 is 10.5 Å². The summed E-state index contributed by atoms with van der Waals surface area (Å²) >= 11 is 0. The monoisotopic (exact) mass is 238 g/mol. The number of aromatic amines is 1. The number of halogens is 3. The van der Waals surface area contributed by atoms with Gasteiger partial charge in [-0.3, -0.25) is 4.98 Å². The molecule has 0 saturated carbocycles. The highest BCUT2D eigenvalue weighted by atomic mass is 19.4. The summed E-state index contributed by atoms with van der Waals surface area (Å²) in [5.41, 5.74) is 4.47. The number of hydrogen-bond acceptors (Lipinski definition) is 5. The van der Waals surface area contributed by atoms with Gasteiger partial charge in [-0.15, -0.1) is 0 Å². The maximum Gasteiger partial charge on any atom is 0.411 e. The van der Waals surface area contributed by atoms with E-state index in [0.29, 0.717) is 0 Å². The highest BCUT2D eigenvalue weighted by molar-refractivity contribution is 5.12. The van der Waals surface area contributed by atoms with Gasteiger partial charge in [-0.1, -0.05) is 0 Å². The average molecular weight is 238 g/mol. The molecule has 0 atom stereocenters. The summed E-state index contributed by atoms with van der Waals surface area (Å²) in [7, 11) is 0. The summed E-state index contributed by atoms with van der Waals surface area (Å²) in [5, 5.41) is 0. The summed E-state index contributed by atoms with van der Waals surface area (Å²) in [5.74, 6) is -0.0887. The Morgan fingerprint density at radius 1 is 1.38 bits per heavy atom. The van der Waals surface area contributed by atoms with Gasteiger partial charge in [0.05, 0.1) is 6.61 Å². The SMILES string of the molecule is Nc1nc(CCOCC(F)(F)F)[nH]c(=O)n1. The summed E-state index contributed by atoms with van der Waals surface area (Å²) in [6.45, 7) is -1.55. The lowest BCUT2D eigenvalue weighted by molar-refractivity contribution is -0.173. The molecule has 0 aliphatic rings. The Bertz CT molecular complexity index is 403. The fraction of sp³-hybridized carbons (Fsp3) is 0.571. The lowest BCUT2D eigenvalue weighted by Crippen LogP contribution is -2.21. The number of nitrogens with one attached hydrogen (secondary N) is 1. The van der Waals surface area contributed by atoms with Crippen LogP contribution in [0.5, 0.6) is 0 Å². The van der Waals surface area contributed by atoms with Crippen LogP contribution in [0, 0.1) is 0 Å². The zero-order chi connectivity index (χ0) is 12.2. The summed E-state index contributed by atoms with van der Waals surface area (Å²) < 4.78 is 39.4. The number of hydrogen-bond donors (Lipinski definition) is 2. The molecule has 16 heavy (non-hydrogen) atoms. The molecule has 0 radical (unpaired) electrons. The van der Waals surface area contributed by atoms with Gasteiger partial charge in [0.15, 0.2) is 0 Å². The van der Waals surface area contributed by atoms with E-state index in [2.05, 4.69) is 19.7 Å². The largest absolute Gasteiger partial charge is 0.411 e. The van der Waals surface area contributed by atoms with E-state index in [1.54, 1.807) is 0 Å². The van der Waals surface area contributed by atoms with Crippen LogP contribution in [-0.2, 0) is 11.2 Å². The molecule has 1 rings (SSSR count). The van der Waals surface area contributed by atoms with E-state index >= 15 is 0 Å². The molecule has 1 aromatic heterocycles. The number of nitrogens with two attached hydrogens (primary N) is 1. The van der Waals surface area contributed by atoms with Crippen LogP contribution in [0.15, 0.2) is 4.79 Å². The van der Waals surface area contributed by atoms with Gasteiger partial charge in [0.2, 0.25) is 5.95 Å². The van der Waals surface area contributed by atoms with Gasteiger partial charge in [0.25, 0.3) is 0 Å². The fourth-order valence-corrected chi connectivity index (χ4v) is 0.922. The molecule has 9 heteroatoms. The highest BCUT2D eigenvalue weighted by Crippen LogP contribution is 2.14. The summed E-state index contributed by atoms with van der Waals surface area (Å²) in [6, 6.07) is 0. The minimum absolute atomic E-state index is 0.0258. The predicted octanol–water partition coefficient (Wildman–Crippen LogP) is -0.132. The van der Waals surface area contributed by atoms with Crippen LogP contribution in [-0.4, -0.2) is 34.3 Å². The van der Waals surface area contributed by atoms with E-state index < -0.39 is 18.5 Å². The number of alkyl halides is 3. The van der Waals surface area contributed by atoms with Crippen LogP contribution in [0.1, 0.15) is 5.82 Å². The number of nitrogens with zero attached hydrogens (tertiary/aromatic N) is 2. The molecular weight excluding hydrogens is 229 g/mol. The zero-order valence-corrected chi connectivity index (χ0v) is 8.04. The molecule has 0 aromatic carbocycles. The second-order valence-corrected chi connectivity index (χ2v) is 2.88. The number of rotatable bonds is 4. The maximum absolute atomic E-state index is 11.7. The number of anilines is 1. The minimum atomic E-state index is -4.36. The molecule has 0 aliphatic carbocycles. The smallest absolute Gasteiger partial charge is 0.372 e. The van der Waals surface area contributed by atoms with E-state index in [1.165, 1.54) is 0 Å². The van der Waals surface area contributed by atoms with Crippen molar-refractivity contribution in [3.05, 3.63) is 16.3 Å². The molecule has 0 bridgehead atoms. The van der Waals surface area contributed by atoms with Crippen molar-refractivity contribution in [2.24, 2.45) is 0 Å². The molecule has 0 spiro atoms. The third kappa shape index (κ3) is 4.73. The molecular formula is C7H9F3N4O2. The Morgan fingerprint density at radius 2 is 2.06 bits per heavy atom. The quantitative estimate of drug-likeness (QED) is 0.712. The Balaban J connectivity index is 2.40. The number of aromatic nitrogens is 3. The second-order valence-electron chi connectivity index (χ2n) is 2.88. The number of ether oxygens (including phenoxy) is 1. The molecule has 0 unspecified atom stereocenters. The Hall–Kier alpha value is -1.64. The second kappa shape index (κ2) is 4.92. The van der Waals surface area contributed by atoms with Gasteiger partial charge in [-0.25, -0.2) is 4.79 Å². The van der Waals surface area contributed by atoms with E-state index in [4.69, 9.17) is 5.73 Å². The first kappa shape index (κ1) is 12.4. The van der Waals surface area contributed by atoms with Gasteiger partial charge in [0, 0.05) is 6.42 Å². The molecule has 0 saturated heterocycles. The lowest BCUT2D eigenvalue weighted by atomic mass is 10.4. The van der Waals surface area contributed by atoms with Gasteiger partial charge >= 0.3 is 11.9 Å². The summed E-state index contributed by atoms with van der Waals surface area (Å²) in [6.07, 6.45) is -4.34. The lowest BCUT2D eigenvalue weighted by Gasteiger charge is -2.06. The van der Waals surface area contributed by atoms with Crippen molar-refractivity contribution < 1.29 is 17.9 Å². The van der Waals surface area contributed by atoms with Crippen molar-refractivity contribution in [1.82, 2.24) is 15.0 Å². The molecule has 1 aromatic rings. The topological polar surface area (TPSA) is 93.9 Å². The number of nitrogen functional groups attached to an aromatic ring is 1. The first-order valence-electron chi connectivity index (χ1n) is 4.24. The third-order valence-electron chi connectivity index (χ3n) is 1.47. The standard InChI is InChI=1S/C7H9F3N4O2/c8-7(9,10)3-16-2-1-4-12-5(11)14-6(15)13-4/h1-3H2,(H3,11,12,13,14,15). The molecule has 0 amide bonds. The molecule has 6 nitrogen and oxygen atoms in total. The van der Waals surface area contributed by atoms with Crippen molar-refractivity contribution >= 4 is 5.95 Å². The normalized spacial score (nSPS) is 11.7. The van der Waals surface area contributed by atoms with Crippen molar-refractivity contribution in [2.45, 2.75) is 12.6 Å². The third-order valence-corrected chi connectivity index (χ3v) is 1.47. The van der Waals surface area contributed by atoms with Crippen molar-refractivity contribution in [3.63, 3.8) is 0 Å². The first-order valence-corrected chi connectivity index (χ1v) is 4.24. The fourth-order valence-electron chi connectivity index (χ4n) is 0.922. The Kier molecular flexibility index (Phi) is 3.82. The van der Waals surface area contributed by atoms with E-state index in [9.17, 15) is 18.0 Å². The number of H-pyrrole nitrogens is 1. The molecule has 0 fully saturated rings. The van der Waals surface area contributed by atoms with Gasteiger partial charge in [-0.2, -0.15) is 23.1 Å². The van der Waals surface area contributed by atoms with Crippen molar-refractivity contribution in [2.75, 3.05) is 18.9 Å². The van der Waals surface area contributed by atoms with Crippen LogP contribution in [0.25, 0.3) is 0 Å². The summed E-state index contributed by atoms with van der Waals surface area (Å²) in [4.78, 5) is 19.9. The van der Waals surface area contributed by atoms with Crippen molar-refractivity contribution in [1.29, 1.82) is 0 Å². The minimum Gasteiger partial charge on any atom is -0.372 e. The average Bonchev–Trinajstić information content (AvgIpc) is 2.09. The van der Waals surface area contributed by atoms with E-state index in [0.717, 1.165) is 0 Å². The molecule has 0 aliphatic heterocycles. The van der Waals surface area contributed by atoms with E-state index in [1.807, 2.05) is 0 Å². The van der Waals surface area contributed by atoms with Crippen LogP contribution in [0.2, 0.25) is 0 Å². The van der Waals surface area contributed by atoms with E-state index in [-0.39, 0.29) is 24.8 Å². The van der Waals surface area contributed by atoms with Gasteiger partial charge in [-0.05, 0) is 0 Å². The molecule has 90 valence electrons. The maximum atomic E-state index is 11.7. The van der Waals surface area contributed by atoms with Gasteiger partial charge in [0.1, 0.15) is 12.4 Å². The van der Waals surface area contributed by atoms with Crippen LogP contribution < -0.4 is 11.4 Å². The van der Waals surface area contributed by atoms with Crippen LogP contribution in [0.3, 0.4) is 0 Å². The zero-order valence-electron chi connectivity index (χ0n) is 8.04. The predicted molar refractivity (Wildman–Crippen MR) is 47.6 cm³/mol. The molecule has 3 N–H and O–H groups in total. The Labute approximate surface area is 87.7 Å². The van der Waals surface area contributed by atoms with Crippen LogP contribution in [0.4, 0.5) is 19.1 Å².